The lowest BCUT2D eigenvalue weighted by molar-refractivity contribution is 1.01. The topological polar surface area (TPSA) is 17.0 Å². The predicted octanol–water partition coefficient (Wildman–Crippen LogP) is 8.74. The van der Waals surface area contributed by atoms with Gasteiger partial charge in [-0.15, -0.1) is 0 Å². The third-order valence-corrected chi connectivity index (χ3v) is 7.54. The minimum absolute atomic E-state index is 0.974. The maximum Gasteiger partial charge on any atom is 0.0544 e. The smallest absolute Gasteiger partial charge is 0.0544 e. The summed E-state index contributed by atoms with van der Waals surface area (Å²) in [6.07, 6.45) is 5.52. The Bertz CT molecular complexity index is 1830. The monoisotopic (exact) mass is 446 g/mol. The Labute approximate surface area is 203 Å². The number of hydrogen-bond donors (Lipinski definition) is 1. The summed E-state index contributed by atoms with van der Waals surface area (Å²) in [5, 5.41) is 7.55. The van der Waals surface area contributed by atoms with Gasteiger partial charge in [-0.3, -0.25) is 0 Å². The lowest BCUT2D eigenvalue weighted by Crippen LogP contribution is -2.01. The van der Waals surface area contributed by atoms with Crippen LogP contribution in [0.15, 0.2) is 109 Å². The molecular weight excluding hydrogens is 424 g/mol. The average molecular weight is 447 g/mol. The van der Waals surface area contributed by atoms with Crippen molar-refractivity contribution < 1.29 is 0 Å². The van der Waals surface area contributed by atoms with Gasteiger partial charge in [0.1, 0.15) is 0 Å². The maximum absolute atomic E-state index is 3.66. The van der Waals surface area contributed by atoms with Gasteiger partial charge in [0.05, 0.1) is 5.52 Å². The Morgan fingerprint density at radius 2 is 1.49 bits per heavy atom. The first-order chi connectivity index (χ1) is 17.3. The second-order valence-electron chi connectivity index (χ2n) is 9.46. The minimum atomic E-state index is 0.974. The van der Waals surface area contributed by atoms with Crippen LogP contribution < -0.4 is 5.32 Å². The number of nitrogens with zero attached hydrogens (tertiary/aromatic N) is 1. The van der Waals surface area contributed by atoms with Crippen molar-refractivity contribution in [2.45, 2.75) is 6.42 Å². The molecule has 0 fully saturated rings. The van der Waals surface area contributed by atoms with Crippen molar-refractivity contribution in [2.75, 3.05) is 5.32 Å². The third kappa shape index (κ3) is 2.65. The van der Waals surface area contributed by atoms with Gasteiger partial charge >= 0.3 is 0 Å². The molecule has 6 aromatic rings. The number of nitrogens with one attached hydrogen (secondary N) is 1. The van der Waals surface area contributed by atoms with Crippen molar-refractivity contribution in [3.05, 3.63) is 120 Å². The van der Waals surface area contributed by atoms with Gasteiger partial charge in [-0.25, -0.2) is 0 Å². The molecule has 2 aliphatic rings. The molecule has 0 radical (unpaired) electrons. The van der Waals surface area contributed by atoms with Crippen molar-refractivity contribution in [2.24, 2.45) is 0 Å². The van der Waals surface area contributed by atoms with E-state index in [2.05, 4.69) is 125 Å². The number of rotatable bonds is 2. The summed E-state index contributed by atoms with van der Waals surface area (Å²) in [5.74, 6) is 0. The molecule has 1 aliphatic heterocycles. The molecule has 0 amide bonds. The minimum Gasteiger partial charge on any atom is -0.354 e. The molecule has 1 aliphatic carbocycles. The molecule has 2 heterocycles. The highest BCUT2D eigenvalue weighted by molar-refractivity contribution is 6.11. The van der Waals surface area contributed by atoms with Gasteiger partial charge in [0, 0.05) is 51.1 Å². The molecule has 1 aromatic heterocycles. The van der Waals surface area contributed by atoms with Crippen LogP contribution in [0.5, 0.6) is 0 Å². The van der Waals surface area contributed by atoms with Crippen molar-refractivity contribution in [3.63, 3.8) is 0 Å². The first-order valence-corrected chi connectivity index (χ1v) is 12.2. The predicted molar refractivity (Wildman–Crippen MR) is 148 cm³/mol. The second kappa shape index (κ2) is 6.97. The fourth-order valence-electron chi connectivity index (χ4n) is 5.96. The lowest BCUT2D eigenvalue weighted by Gasteiger charge is -2.23. The number of hydrogen-bond acceptors (Lipinski definition) is 1. The van der Waals surface area contributed by atoms with E-state index in [9.17, 15) is 0 Å². The molecule has 0 unspecified atom stereocenters. The van der Waals surface area contributed by atoms with Gasteiger partial charge < -0.3 is 9.88 Å². The first kappa shape index (κ1) is 18.8. The molecule has 1 N–H and O–H groups in total. The molecule has 8 rings (SSSR count). The molecule has 5 aromatic carbocycles. The Balaban J connectivity index is 1.34. The summed E-state index contributed by atoms with van der Waals surface area (Å²) in [6.45, 7) is 0. The highest BCUT2D eigenvalue weighted by Crippen LogP contribution is 2.45. The Kier molecular flexibility index (Phi) is 3.75. The maximum atomic E-state index is 3.66. The van der Waals surface area contributed by atoms with Crippen LogP contribution in [0, 0.1) is 0 Å². The average Bonchev–Trinajstić information content (AvgIpc) is 3.50. The van der Waals surface area contributed by atoms with Crippen LogP contribution in [-0.4, -0.2) is 4.57 Å². The summed E-state index contributed by atoms with van der Waals surface area (Å²) < 4.78 is 2.44. The molecular formula is C33H22N2. The van der Waals surface area contributed by atoms with Crippen LogP contribution in [0.2, 0.25) is 0 Å². The van der Waals surface area contributed by atoms with E-state index in [-0.39, 0.29) is 0 Å². The number of allylic oxidation sites excluding steroid dienone is 1. The van der Waals surface area contributed by atoms with Crippen LogP contribution in [0.25, 0.3) is 55.7 Å². The van der Waals surface area contributed by atoms with E-state index in [0.29, 0.717) is 0 Å². The number of para-hydroxylation sites is 1. The number of aromatic nitrogens is 1. The third-order valence-electron chi connectivity index (χ3n) is 7.54. The molecule has 164 valence electrons. The quantitative estimate of drug-likeness (QED) is 0.281. The standard InChI is InChI=1S/C33H22N2/c1-2-9-24(10-3-1)35-31-14-6-11-25(31)26-17-15-23(20-32(26)35)22-16-18-29-28(19-22)27-12-4-7-21-8-5-13-30(34-29)33(21)27/h1-13,15-20,34H,14H2. The fraction of sp³-hybridized carbons (Fsp3) is 0.0303. The van der Waals surface area contributed by atoms with E-state index in [0.717, 1.165) is 12.1 Å². The SMILES string of the molecule is C1=Cc2c(n(-c3ccccc3)c3cc(-c4ccc5c(c4)-c4cccc6cccc(c46)N5)ccc23)C1. The Morgan fingerprint density at radius 3 is 2.40 bits per heavy atom. The van der Waals surface area contributed by atoms with Gasteiger partial charge in [-0.2, -0.15) is 0 Å². The van der Waals surface area contributed by atoms with E-state index >= 15 is 0 Å². The van der Waals surface area contributed by atoms with Gasteiger partial charge in [-0.05, 0) is 58.5 Å². The van der Waals surface area contributed by atoms with Crippen LogP contribution in [0.4, 0.5) is 11.4 Å². The molecule has 0 saturated heterocycles. The van der Waals surface area contributed by atoms with Crippen LogP contribution >= 0.6 is 0 Å². The molecule has 2 heteroatoms. The van der Waals surface area contributed by atoms with Crippen molar-refractivity contribution in [1.82, 2.24) is 4.57 Å². The van der Waals surface area contributed by atoms with Crippen LogP contribution in [0.3, 0.4) is 0 Å². The zero-order valence-corrected chi connectivity index (χ0v) is 19.1. The fourth-order valence-corrected chi connectivity index (χ4v) is 5.96. The van der Waals surface area contributed by atoms with Gasteiger partial charge in [0.15, 0.2) is 0 Å². The highest BCUT2D eigenvalue weighted by Gasteiger charge is 2.21. The number of anilines is 2. The van der Waals surface area contributed by atoms with Gasteiger partial charge in [0.2, 0.25) is 0 Å². The van der Waals surface area contributed by atoms with Crippen molar-refractivity contribution in [3.8, 4) is 27.9 Å². The van der Waals surface area contributed by atoms with Crippen LogP contribution in [-0.2, 0) is 6.42 Å². The van der Waals surface area contributed by atoms with Gasteiger partial charge in [-0.1, -0.05) is 78.9 Å². The Morgan fingerprint density at radius 1 is 0.657 bits per heavy atom. The summed E-state index contributed by atoms with van der Waals surface area (Å²) in [5.41, 5.74) is 12.6. The van der Waals surface area contributed by atoms with Crippen LogP contribution in [0.1, 0.15) is 11.3 Å². The molecule has 0 bridgehead atoms. The van der Waals surface area contributed by atoms with Crippen molar-refractivity contribution >= 4 is 39.1 Å². The Hall–Kier alpha value is -4.56. The van der Waals surface area contributed by atoms with Crippen molar-refractivity contribution in [1.29, 1.82) is 0 Å². The summed E-state index contributed by atoms with van der Waals surface area (Å²) in [4.78, 5) is 0. The highest BCUT2D eigenvalue weighted by atomic mass is 15.0. The van der Waals surface area contributed by atoms with Gasteiger partial charge in [0.25, 0.3) is 0 Å². The van der Waals surface area contributed by atoms with E-state index in [4.69, 9.17) is 0 Å². The number of benzene rings is 5. The van der Waals surface area contributed by atoms with E-state index in [1.807, 2.05) is 0 Å². The number of fused-ring (bicyclic) bond motifs is 5. The molecule has 2 nitrogen and oxygen atoms in total. The van der Waals surface area contributed by atoms with E-state index < -0.39 is 0 Å². The zero-order valence-electron chi connectivity index (χ0n) is 19.1. The van der Waals surface area contributed by atoms with E-state index in [1.165, 1.54) is 66.6 Å². The first-order valence-electron chi connectivity index (χ1n) is 12.2. The molecule has 0 saturated carbocycles. The summed E-state index contributed by atoms with van der Waals surface area (Å²) in [6, 6.07) is 37.6. The largest absolute Gasteiger partial charge is 0.354 e. The summed E-state index contributed by atoms with van der Waals surface area (Å²) >= 11 is 0. The normalized spacial score (nSPS) is 13.1. The second-order valence-corrected chi connectivity index (χ2v) is 9.46. The molecule has 35 heavy (non-hydrogen) atoms. The summed E-state index contributed by atoms with van der Waals surface area (Å²) in [7, 11) is 0. The van der Waals surface area contributed by atoms with E-state index in [1.54, 1.807) is 0 Å². The lowest BCUT2D eigenvalue weighted by atomic mass is 9.90. The molecule has 0 atom stereocenters. The zero-order chi connectivity index (χ0) is 22.9. The molecule has 0 spiro atoms.